The molecule has 1 aromatic carbocycles. The molecule has 1 atom stereocenters. The molecule has 1 aromatic rings. The highest BCUT2D eigenvalue weighted by Crippen LogP contribution is 2.43. The predicted octanol–water partition coefficient (Wildman–Crippen LogP) is 3.92. The summed E-state index contributed by atoms with van der Waals surface area (Å²) in [7, 11) is 0. The van der Waals surface area contributed by atoms with E-state index in [0.29, 0.717) is 0 Å². The molecular weight excluding hydrogens is 271 g/mol. The average Bonchev–Trinajstić information content (AvgIpc) is 2.90. The van der Waals surface area contributed by atoms with E-state index in [1.807, 2.05) is 0 Å². The topological polar surface area (TPSA) is 0 Å². The Labute approximate surface area is 93.9 Å². The second kappa shape index (κ2) is 3.99. The van der Waals surface area contributed by atoms with Crippen LogP contribution >= 0.6 is 22.6 Å². The van der Waals surface area contributed by atoms with Gasteiger partial charge in [0.05, 0.1) is 0 Å². The molecule has 0 aromatic heterocycles. The van der Waals surface area contributed by atoms with Gasteiger partial charge in [-0.3, -0.25) is 0 Å². The highest BCUT2D eigenvalue weighted by Gasteiger charge is 2.31. The van der Waals surface area contributed by atoms with Crippen LogP contribution in [-0.2, 0) is 0 Å². The van der Waals surface area contributed by atoms with Gasteiger partial charge in [0.25, 0.3) is 0 Å². The van der Waals surface area contributed by atoms with Crippen LogP contribution in [0, 0.1) is 12.8 Å². The molecule has 70 valence electrons. The van der Waals surface area contributed by atoms with Crippen LogP contribution in [0.2, 0.25) is 0 Å². The van der Waals surface area contributed by atoms with Gasteiger partial charge >= 0.3 is 0 Å². The lowest BCUT2D eigenvalue weighted by atomic mass is 9.95. The zero-order valence-corrected chi connectivity index (χ0v) is 10.1. The van der Waals surface area contributed by atoms with Gasteiger partial charge in [-0.05, 0) is 37.2 Å². The zero-order chi connectivity index (χ0) is 9.26. The first-order valence-corrected chi connectivity index (χ1v) is 6.46. The third kappa shape index (κ3) is 2.25. The Morgan fingerprint density at radius 1 is 1.46 bits per heavy atom. The van der Waals surface area contributed by atoms with Gasteiger partial charge in [-0.2, -0.15) is 0 Å². The fourth-order valence-electron chi connectivity index (χ4n) is 1.89. The van der Waals surface area contributed by atoms with Crippen LogP contribution in [0.4, 0.5) is 0 Å². The molecule has 1 saturated carbocycles. The summed E-state index contributed by atoms with van der Waals surface area (Å²) in [6.45, 7) is 2.18. The molecule has 2 rings (SSSR count). The van der Waals surface area contributed by atoms with Gasteiger partial charge in [0.2, 0.25) is 0 Å². The van der Waals surface area contributed by atoms with Crippen molar-refractivity contribution >= 4 is 22.6 Å². The molecule has 1 fully saturated rings. The lowest BCUT2D eigenvalue weighted by Crippen LogP contribution is -2.02. The Kier molecular flexibility index (Phi) is 2.92. The minimum Gasteiger partial charge on any atom is -0.0857 e. The van der Waals surface area contributed by atoms with Crippen LogP contribution in [0.5, 0.6) is 0 Å². The Balaban J connectivity index is 2.21. The first kappa shape index (κ1) is 9.50. The molecule has 0 bridgehead atoms. The quantitative estimate of drug-likeness (QED) is 0.583. The molecule has 13 heavy (non-hydrogen) atoms. The highest BCUT2D eigenvalue weighted by atomic mass is 127. The normalized spacial score (nSPS) is 18.6. The number of rotatable bonds is 3. The van der Waals surface area contributed by atoms with E-state index in [4.69, 9.17) is 0 Å². The summed E-state index contributed by atoms with van der Waals surface area (Å²) in [5, 5.41) is 0. The van der Waals surface area contributed by atoms with E-state index in [0.717, 1.165) is 11.8 Å². The molecule has 0 unspecified atom stereocenters. The van der Waals surface area contributed by atoms with Crippen molar-refractivity contribution in [3.63, 3.8) is 0 Å². The minimum absolute atomic E-state index is 0.820. The minimum atomic E-state index is 0.820. The number of alkyl halides is 1. The molecular formula is C12H15I. The Hall–Kier alpha value is -0.0500. The van der Waals surface area contributed by atoms with Gasteiger partial charge in [-0.25, -0.2) is 0 Å². The van der Waals surface area contributed by atoms with Crippen LogP contribution in [-0.4, -0.2) is 4.43 Å². The summed E-state index contributed by atoms with van der Waals surface area (Å²) < 4.78 is 1.27. The Morgan fingerprint density at radius 3 is 2.77 bits per heavy atom. The van der Waals surface area contributed by atoms with Crippen LogP contribution in [0.1, 0.15) is 29.9 Å². The van der Waals surface area contributed by atoms with Crippen LogP contribution in [0.15, 0.2) is 24.3 Å². The monoisotopic (exact) mass is 286 g/mol. The molecule has 0 radical (unpaired) electrons. The van der Waals surface area contributed by atoms with Gasteiger partial charge in [-0.15, -0.1) is 0 Å². The maximum absolute atomic E-state index is 2.52. The largest absolute Gasteiger partial charge is 0.0857 e. The van der Waals surface area contributed by atoms with E-state index >= 15 is 0 Å². The van der Waals surface area contributed by atoms with Gasteiger partial charge < -0.3 is 0 Å². The standard InChI is InChI=1S/C12H15I/c1-9-3-2-4-11(7-9)12(8-13)10-5-6-10/h2-4,7,10,12H,5-6,8H2,1H3/t12-/m0/s1. The van der Waals surface area contributed by atoms with Crippen LogP contribution < -0.4 is 0 Å². The van der Waals surface area contributed by atoms with Crippen LogP contribution in [0.25, 0.3) is 0 Å². The number of hydrogen-bond acceptors (Lipinski definition) is 0. The van der Waals surface area contributed by atoms with E-state index in [1.54, 1.807) is 5.56 Å². The van der Waals surface area contributed by atoms with Gasteiger partial charge in [0.1, 0.15) is 0 Å². The molecule has 0 nitrogen and oxygen atoms in total. The first-order chi connectivity index (χ1) is 6.31. The predicted molar refractivity (Wildman–Crippen MR) is 65.5 cm³/mol. The summed E-state index contributed by atoms with van der Waals surface area (Å²) in [5.41, 5.74) is 2.95. The van der Waals surface area contributed by atoms with Gasteiger partial charge in [-0.1, -0.05) is 52.4 Å². The second-order valence-electron chi connectivity index (χ2n) is 4.01. The smallest absolute Gasteiger partial charge is 0.00669 e. The second-order valence-corrected chi connectivity index (χ2v) is 4.89. The number of aryl methyl sites for hydroxylation is 1. The average molecular weight is 286 g/mol. The highest BCUT2D eigenvalue weighted by molar-refractivity contribution is 14.1. The van der Waals surface area contributed by atoms with Crippen molar-refractivity contribution in [2.24, 2.45) is 5.92 Å². The molecule has 1 aliphatic rings. The lowest BCUT2D eigenvalue weighted by molar-refractivity contribution is 0.681. The number of hydrogen-bond donors (Lipinski definition) is 0. The zero-order valence-electron chi connectivity index (χ0n) is 7.96. The summed E-state index contributed by atoms with van der Waals surface area (Å²) in [6.07, 6.45) is 2.89. The fourth-order valence-corrected chi connectivity index (χ4v) is 3.11. The Bertz CT molecular complexity index is 289. The maximum atomic E-state index is 2.52. The van der Waals surface area contributed by atoms with Crippen molar-refractivity contribution in [2.45, 2.75) is 25.7 Å². The summed E-state index contributed by atoms with van der Waals surface area (Å²) >= 11 is 2.52. The number of halogens is 1. The van der Waals surface area contributed by atoms with Crippen molar-refractivity contribution in [2.75, 3.05) is 4.43 Å². The van der Waals surface area contributed by atoms with Gasteiger partial charge in [0.15, 0.2) is 0 Å². The molecule has 1 heteroatoms. The maximum Gasteiger partial charge on any atom is 0.00669 e. The molecule has 1 aliphatic carbocycles. The fraction of sp³-hybridized carbons (Fsp3) is 0.500. The van der Waals surface area contributed by atoms with E-state index in [2.05, 4.69) is 53.8 Å². The van der Waals surface area contributed by atoms with E-state index in [9.17, 15) is 0 Å². The van der Waals surface area contributed by atoms with E-state index < -0.39 is 0 Å². The first-order valence-electron chi connectivity index (χ1n) is 4.94. The molecule has 0 heterocycles. The third-order valence-corrected chi connectivity index (χ3v) is 3.78. The summed E-state index contributed by atoms with van der Waals surface area (Å²) in [6, 6.07) is 9.00. The van der Waals surface area contributed by atoms with E-state index in [-0.39, 0.29) is 0 Å². The van der Waals surface area contributed by atoms with E-state index in [1.165, 1.54) is 22.8 Å². The molecule has 0 spiro atoms. The SMILES string of the molecule is Cc1cccc([C@@H](CI)C2CC2)c1. The molecule has 0 N–H and O–H groups in total. The van der Waals surface area contributed by atoms with Gasteiger partial charge in [0, 0.05) is 4.43 Å². The Morgan fingerprint density at radius 2 is 2.23 bits per heavy atom. The summed E-state index contributed by atoms with van der Waals surface area (Å²) in [4.78, 5) is 0. The molecule has 0 saturated heterocycles. The van der Waals surface area contributed by atoms with Crippen molar-refractivity contribution in [1.82, 2.24) is 0 Å². The molecule has 0 amide bonds. The lowest BCUT2D eigenvalue weighted by Gasteiger charge is -2.13. The van der Waals surface area contributed by atoms with Crippen LogP contribution in [0.3, 0.4) is 0 Å². The third-order valence-electron chi connectivity index (χ3n) is 2.83. The number of benzene rings is 1. The van der Waals surface area contributed by atoms with Crippen molar-refractivity contribution in [3.05, 3.63) is 35.4 Å². The van der Waals surface area contributed by atoms with Crippen molar-refractivity contribution in [1.29, 1.82) is 0 Å². The molecule has 0 aliphatic heterocycles. The van der Waals surface area contributed by atoms with Crippen molar-refractivity contribution in [3.8, 4) is 0 Å². The summed E-state index contributed by atoms with van der Waals surface area (Å²) in [5.74, 6) is 1.80. The van der Waals surface area contributed by atoms with Crippen molar-refractivity contribution < 1.29 is 0 Å².